The van der Waals surface area contributed by atoms with Crippen LogP contribution in [0.25, 0.3) is 10.8 Å². The normalized spacial score (nSPS) is 12.9. The largest absolute Gasteiger partial charge is 0.444 e. The van der Waals surface area contributed by atoms with Crippen LogP contribution in [0, 0.1) is 0 Å². The number of likely N-dealkylation sites (N-methyl/N-ethyl adjacent to an activating group) is 1. The molecular formula is C30H38N4O4. The summed E-state index contributed by atoms with van der Waals surface area (Å²) in [6.45, 7) is 5.65. The smallest absolute Gasteiger partial charge is 0.408 e. The van der Waals surface area contributed by atoms with E-state index in [0.717, 1.165) is 16.3 Å². The summed E-state index contributed by atoms with van der Waals surface area (Å²) in [5, 5.41) is 7.73. The van der Waals surface area contributed by atoms with E-state index in [9.17, 15) is 14.4 Å². The number of hydrogen-bond acceptors (Lipinski definition) is 5. The average molecular weight is 519 g/mol. The molecule has 3 rings (SSSR count). The van der Waals surface area contributed by atoms with Crippen LogP contribution in [0.15, 0.2) is 72.8 Å². The molecule has 3 amide bonds. The van der Waals surface area contributed by atoms with Crippen molar-refractivity contribution in [1.29, 1.82) is 0 Å². The molecule has 0 fully saturated rings. The van der Waals surface area contributed by atoms with Gasteiger partial charge in [0, 0.05) is 19.2 Å². The minimum Gasteiger partial charge on any atom is -0.444 e. The van der Waals surface area contributed by atoms with E-state index in [2.05, 4.69) is 10.6 Å². The Hall–Kier alpha value is -3.91. The summed E-state index contributed by atoms with van der Waals surface area (Å²) in [7, 11) is 1.58. The Balaban J connectivity index is 1.82. The van der Waals surface area contributed by atoms with Crippen LogP contribution in [0.3, 0.4) is 0 Å². The Morgan fingerprint density at radius 3 is 2.26 bits per heavy atom. The van der Waals surface area contributed by atoms with Crippen LogP contribution in [0.1, 0.15) is 39.2 Å². The van der Waals surface area contributed by atoms with Gasteiger partial charge in [-0.05, 0) is 68.6 Å². The van der Waals surface area contributed by atoms with Crippen molar-refractivity contribution in [1.82, 2.24) is 10.2 Å². The lowest BCUT2D eigenvalue weighted by molar-refractivity contribution is -0.139. The van der Waals surface area contributed by atoms with Gasteiger partial charge in [0.15, 0.2) is 0 Å². The summed E-state index contributed by atoms with van der Waals surface area (Å²) in [6.07, 6.45) is 0.484. The Morgan fingerprint density at radius 2 is 1.61 bits per heavy atom. The predicted molar refractivity (Wildman–Crippen MR) is 151 cm³/mol. The van der Waals surface area contributed by atoms with Crippen molar-refractivity contribution in [2.24, 2.45) is 5.73 Å². The fraction of sp³-hybridized carbons (Fsp3) is 0.367. The van der Waals surface area contributed by atoms with Crippen LogP contribution in [0.4, 0.5) is 10.5 Å². The van der Waals surface area contributed by atoms with Gasteiger partial charge in [0.2, 0.25) is 11.8 Å². The zero-order chi connectivity index (χ0) is 27.7. The first kappa shape index (κ1) is 28.7. The van der Waals surface area contributed by atoms with Gasteiger partial charge in [-0.2, -0.15) is 0 Å². The maximum absolute atomic E-state index is 13.7. The highest BCUT2D eigenvalue weighted by atomic mass is 16.6. The van der Waals surface area contributed by atoms with Crippen molar-refractivity contribution in [3.05, 3.63) is 78.4 Å². The maximum Gasteiger partial charge on any atom is 0.408 e. The van der Waals surface area contributed by atoms with Crippen molar-refractivity contribution in [3.63, 3.8) is 0 Å². The molecule has 0 radical (unpaired) electrons. The van der Waals surface area contributed by atoms with E-state index in [1.807, 2.05) is 72.8 Å². The number of carbonyl (C=O) groups is 3. The zero-order valence-corrected chi connectivity index (χ0v) is 22.6. The van der Waals surface area contributed by atoms with Crippen molar-refractivity contribution >= 4 is 34.4 Å². The van der Waals surface area contributed by atoms with Crippen LogP contribution in [-0.2, 0) is 20.7 Å². The van der Waals surface area contributed by atoms with Gasteiger partial charge in [0.25, 0.3) is 0 Å². The number of benzene rings is 3. The third-order valence-corrected chi connectivity index (χ3v) is 6.09. The monoisotopic (exact) mass is 518 g/mol. The van der Waals surface area contributed by atoms with Gasteiger partial charge in [-0.15, -0.1) is 0 Å². The summed E-state index contributed by atoms with van der Waals surface area (Å²) in [5.74, 6) is -0.712. The number of nitrogens with zero attached hydrogens (tertiary/aromatic N) is 1. The fourth-order valence-electron chi connectivity index (χ4n) is 4.20. The third kappa shape index (κ3) is 8.31. The first-order chi connectivity index (χ1) is 18.1. The van der Waals surface area contributed by atoms with Gasteiger partial charge in [0.05, 0.1) is 0 Å². The molecule has 0 saturated heterocycles. The molecule has 0 saturated carbocycles. The molecule has 8 heteroatoms. The number of nitrogens with one attached hydrogen (secondary N) is 2. The molecule has 38 heavy (non-hydrogen) atoms. The van der Waals surface area contributed by atoms with Crippen molar-refractivity contribution in [2.45, 2.75) is 57.7 Å². The van der Waals surface area contributed by atoms with E-state index in [1.54, 1.807) is 27.8 Å². The van der Waals surface area contributed by atoms with Crippen LogP contribution in [0.5, 0.6) is 0 Å². The number of alkyl carbamates (subject to hydrolysis) is 1. The number of rotatable bonds is 10. The minimum absolute atomic E-state index is 0.249. The Kier molecular flexibility index (Phi) is 9.85. The number of anilines is 1. The lowest BCUT2D eigenvalue weighted by Gasteiger charge is -2.31. The molecule has 4 N–H and O–H groups in total. The molecule has 0 bridgehead atoms. The molecule has 0 heterocycles. The Morgan fingerprint density at radius 1 is 0.947 bits per heavy atom. The van der Waals surface area contributed by atoms with Crippen LogP contribution in [0.2, 0.25) is 0 Å². The van der Waals surface area contributed by atoms with Gasteiger partial charge in [-0.1, -0.05) is 60.7 Å². The summed E-state index contributed by atoms with van der Waals surface area (Å²) >= 11 is 0. The molecule has 0 unspecified atom stereocenters. The molecule has 0 aliphatic heterocycles. The molecule has 3 aromatic carbocycles. The lowest BCUT2D eigenvalue weighted by atomic mass is 10.0. The predicted octanol–water partition coefficient (Wildman–Crippen LogP) is 4.48. The highest BCUT2D eigenvalue weighted by molar-refractivity contribution is 5.99. The van der Waals surface area contributed by atoms with E-state index in [-0.39, 0.29) is 12.3 Å². The van der Waals surface area contributed by atoms with E-state index < -0.39 is 29.7 Å². The second-order valence-corrected chi connectivity index (χ2v) is 10.3. The van der Waals surface area contributed by atoms with E-state index >= 15 is 0 Å². The van der Waals surface area contributed by atoms with Crippen LogP contribution < -0.4 is 16.4 Å². The highest BCUT2D eigenvalue weighted by Gasteiger charge is 2.33. The molecule has 202 valence electrons. The molecule has 8 nitrogen and oxygen atoms in total. The van der Waals surface area contributed by atoms with Crippen molar-refractivity contribution < 1.29 is 19.1 Å². The molecule has 0 aliphatic rings. The summed E-state index contributed by atoms with van der Waals surface area (Å²) in [6, 6.07) is 21.2. The van der Waals surface area contributed by atoms with Crippen molar-refractivity contribution in [2.75, 3.05) is 18.9 Å². The lowest BCUT2D eigenvalue weighted by Crippen LogP contribution is -2.54. The maximum atomic E-state index is 13.7. The summed E-state index contributed by atoms with van der Waals surface area (Å²) in [5.41, 5.74) is 6.53. The number of nitrogens with two attached hydrogens (primary N) is 1. The molecule has 3 aromatic rings. The third-order valence-electron chi connectivity index (χ3n) is 6.09. The summed E-state index contributed by atoms with van der Waals surface area (Å²) < 4.78 is 5.41. The second-order valence-electron chi connectivity index (χ2n) is 10.3. The first-order valence-corrected chi connectivity index (χ1v) is 12.9. The van der Waals surface area contributed by atoms with Gasteiger partial charge >= 0.3 is 6.09 Å². The number of ether oxygens (including phenoxy) is 1. The van der Waals surface area contributed by atoms with Gasteiger partial charge < -0.3 is 26.0 Å². The molecule has 0 spiro atoms. The number of hydrogen-bond donors (Lipinski definition) is 3. The molecule has 0 aromatic heterocycles. The topological polar surface area (TPSA) is 114 Å². The Labute approximate surface area is 224 Å². The number of carbonyl (C=O) groups excluding carboxylic acids is 3. The average Bonchev–Trinajstić information content (AvgIpc) is 2.87. The quantitative estimate of drug-likeness (QED) is 0.366. The first-order valence-electron chi connectivity index (χ1n) is 12.9. The highest BCUT2D eigenvalue weighted by Crippen LogP contribution is 2.20. The van der Waals surface area contributed by atoms with E-state index in [0.29, 0.717) is 25.1 Å². The van der Waals surface area contributed by atoms with E-state index in [1.165, 1.54) is 4.90 Å². The number of fused-ring (bicyclic) bond motifs is 1. The van der Waals surface area contributed by atoms with Gasteiger partial charge in [-0.3, -0.25) is 9.59 Å². The molecule has 2 atom stereocenters. The van der Waals surface area contributed by atoms with Crippen LogP contribution >= 0.6 is 0 Å². The second kappa shape index (κ2) is 13.1. The van der Waals surface area contributed by atoms with Gasteiger partial charge in [-0.25, -0.2) is 4.79 Å². The Bertz CT molecular complexity index is 1240. The van der Waals surface area contributed by atoms with Crippen LogP contribution in [-0.4, -0.2) is 54.1 Å². The van der Waals surface area contributed by atoms with Gasteiger partial charge in [0.1, 0.15) is 17.7 Å². The summed E-state index contributed by atoms with van der Waals surface area (Å²) in [4.78, 5) is 41.2. The van der Waals surface area contributed by atoms with E-state index in [4.69, 9.17) is 10.5 Å². The SMILES string of the molecule is CN(C(=O)[C@H](Cc1ccccc1)NC(=O)OC(C)(C)C)[C@@H](CCCN)C(=O)Nc1ccc2ccccc2c1. The standard InChI is InChI=1S/C30H38N4O4/c1-30(2,3)38-29(37)33-25(19-21-11-6-5-7-12-21)28(36)34(4)26(15-10-18-31)27(35)32-24-17-16-22-13-8-9-14-23(22)20-24/h5-9,11-14,16-17,20,25-26H,10,15,18-19,31H2,1-4H3,(H,32,35)(H,33,37)/t25-,26-/m0/s1. The number of amides is 3. The fourth-order valence-corrected chi connectivity index (χ4v) is 4.20. The van der Waals surface area contributed by atoms with Crippen molar-refractivity contribution in [3.8, 4) is 0 Å². The zero-order valence-electron chi connectivity index (χ0n) is 22.6. The molecule has 0 aliphatic carbocycles. The minimum atomic E-state index is -0.925. The molecular weight excluding hydrogens is 480 g/mol.